The number of nitrogens with one attached hydrogen (secondary N) is 2. The molecule has 2 unspecified atom stereocenters. The van der Waals surface area contributed by atoms with Crippen LogP contribution >= 0.6 is 0 Å². The minimum absolute atomic E-state index is 0.00602. The molecule has 0 aromatic rings. The van der Waals surface area contributed by atoms with E-state index < -0.39 is 0 Å². The summed E-state index contributed by atoms with van der Waals surface area (Å²) < 4.78 is 0. The van der Waals surface area contributed by atoms with Gasteiger partial charge >= 0.3 is 0 Å². The zero-order valence-electron chi connectivity index (χ0n) is 7.59. The summed E-state index contributed by atoms with van der Waals surface area (Å²) in [7, 11) is 1.46. The van der Waals surface area contributed by atoms with Crippen molar-refractivity contribution in [1.29, 1.82) is 0 Å². The highest BCUT2D eigenvalue weighted by Crippen LogP contribution is 2.18. The van der Waals surface area contributed by atoms with E-state index in [-0.39, 0.29) is 11.8 Å². The van der Waals surface area contributed by atoms with Gasteiger partial charge in [-0.3, -0.25) is 9.63 Å². The van der Waals surface area contributed by atoms with Crippen molar-refractivity contribution in [1.82, 2.24) is 10.8 Å². The van der Waals surface area contributed by atoms with Gasteiger partial charge in [-0.05, 0) is 25.4 Å². The molecule has 0 aromatic heterocycles. The highest BCUT2D eigenvalue weighted by molar-refractivity contribution is 5.78. The number of carbonyl (C=O) groups is 1. The first-order valence-electron chi connectivity index (χ1n) is 4.29. The topological polar surface area (TPSA) is 50.4 Å². The predicted octanol–water partition coefficient (Wildman–Crippen LogP) is -0.0904. The Morgan fingerprint density at radius 1 is 1.67 bits per heavy atom. The first-order chi connectivity index (χ1) is 5.75. The number of rotatable bonds is 2. The van der Waals surface area contributed by atoms with Crippen LogP contribution in [0.3, 0.4) is 0 Å². The van der Waals surface area contributed by atoms with Crippen LogP contribution < -0.4 is 10.8 Å². The Kier molecular flexibility index (Phi) is 3.49. The molecular formula is C8H16N2O2. The fourth-order valence-corrected chi connectivity index (χ4v) is 1.58. The van der Waals surface area contributed by atoms with E-state index in [0.29, 0.717) is 5.92 Å². The SMILES string of the molecule is CONC(=O)C1CCNCC1C. The first-order valence-corrected chi connectivity index (χ1v) is 4.29. The molecule has 1 amide bonds. The summed E-state index contributed by atoms with van der Waals surface area (Å²) in [6.45, 7) is 3.92. The van der Waals surface area contributed by atoms with E-state index >= 15 is 0 Å². The van der Waals surface area contributed by atoms with Crippen LogP contribution in [-0.2, 0) is 9.63 Å². The third-order valence-electron chi connectivity index (χ3n) is 2.32. The minimum Gasteiger partial charge on any atom is -0.316 e. The molecule has 0 spiro atoms. The van der Waals surface area contributed by atoms with Gasteiger partial charge in [0.15, 0.2) is 0 Å². The van der Waals surface area contributed by atoms with Gasteiger partial charge < -0.3 is 5.32 Å². The lowest BCUT2D eigenvalue weighted by Gasteiger charge is -2.27. The number of amides is 1. The Bertz CT molecular complexity index is 161. The largest absolute Gasteiger partial charge is 0.316 e. The third-order valence-corrected chi connectivity index (χ3v) is 2.32. The minimum atomic E-state index is 0.00602. The maximum Gasteiger partial charge on any atom is 0.246 e. The Balaban J connectivity index is 2.42. The van der Waals surface area contributed by atoms with Gasteiger partial charge in [0.1, 0.15) is 0 Å². The van der Waals surface area contributed by atoms with Gasteiger partial charge in [0.2, 0.25) is 5.91 Å². The lowest BCUT2D eigenvalue weighted by Crippen LogP contribution is -2.43. The number of piperidine rings is 1. The maximum absolute atomic E-state index is 11.3. The van der Waals surface area contributed by atoms with E-state index in [1.807, 2.05) is 0 Å². The predicted molar refractivity (Wildman–Crippen MR) is 45.3 cm³/mol. The first kappa shape index (κ1) is 9.48. The summed E-state index contributed by atoms with van der Waals surface area (Å²) in [5.74, 6) is 0.506. The molecule has 1 aliphatic rings. The molecule has 0 bridgehead atoms. The molecule has 0 aliphatic carbocycles. The van der Waals surface area contributed by atoms with Gasteiger partial charge in [-0.2, -0.15) is 0 Å². The second-order valence-corrected chi connectivity index (χ2v) is 3.25. The molecule has 1 heterocycles. The molecule has 0 radical (unpaired) electrons. The van der Waals surface area contributed by atoms with Crippen molar-refractivity contribution in [3.8, 4) is 0 Å². The second-order valence-electron chi connectivity index (χ2n) is 3.25. The van der Waals surface area contributed by atoms with Crippen molar-refractivity contribution in [2.75, 3.05) is 20.2 Å². The summed E-state index contributed by atoms with van der Waals surface area (Å²) in [6, 6.07) is 0. The van der Waals surface area contributed by atoms with E-state index in [2.05, 4.69) is 22.6 Å². The van der Waals surface area contributed by atoms with Crippen LogP contribution in [0, 0.1) is 11.8 Å². The van der Waals surface area contributed by atoms with Crippen LogP contribution in [0.5, 0.6) is 0 Å². The standard InChI is InChI=1S/C8H16N2O2/c1-6-5-9-4-3-7(6)8(11)10-12-2/h6-7,9H,3-5H2,1-2H3,(H,10,11). The van der Waals surface area contributed by atoms with Gasteiger partial charge in [-0.1, -0.05) is 6.92 Å². The average Bonchev–Trinajstić information content (AvgIpc) is 2.05. The summed E-state index contributed by atoms with van der Waals surface area (Å²) in [5, 5.41) is 3.24. The smallest absolute Gasteiger partial charge is 0.246 e. The summed E-state index contributed by atoms with van der Waals surface area (Å²) in [6.07, 6.45) is 0.899. The molecule has 0 aromatic carbocycles. The number of hydroxylamine groups is 1. The normalized spacial score (nSPS) is 29.8. The lowest BCUT2D eigenvalue weighted by molar-refractivity contribution is -0.137. The molecule has 4 nitrogen and oxygen atoms in total. The molecule has 2 N–H and O–H groups in total. The van der Waals surface area contributed by atoms with Crippen LogP contribution in [0.15, 0.2) is 0 Å². The Hall–Kier alpha value is -0.610. The average molecular weight is 172 g/mol. The van der Waals surface area contributed by atoms with E-state index in [1.165, 1.54) is 7.11 Å². The highest BCUT2D eigenvalue weighted by atomic mass is 16.6. The van der Waals surface area contributed by atoms with Crippen LogP contribution in [0.2, 0.25) is 0 Å². The van der Waals surface area contributed by atoms with Crippen LogP contribution in [-0.4, -0.2) is 26.1 Å². The van der Waals surface area contributed by atoms with Crippen molar-refractivity contribution in [3.63, 3.8) is 0 Å². The molecular weight excluding hydrogens is 156 g/mol. The molecule has 1 aliphatic heterocycles. The fraction of sp³-hybridized carbons (Fsp3) is 0.875. The van der Waals surface area contributed by atoms with Crippen LogP contribution in [0.1, 0.15) is 13.3 Å². The van der Waals surface area contributed by atoms with Gasteiger partial charge in [-0.15, -0.1) is 0 Å². The van der Waals surface area contributed by atoms with Crippen molar-refractivity contribution >= 4 is 5.91 Å². The van der Waals surface area contributed by atoms with Crippen molar-refractivity contribution < 1.29 is 9.63 Å². The molecule has 1 saturated heterocycles. The number of carbonyl (C=O) groups excluding carboxylic acids is 1. The van der Waals surface area contributed by atoms with Gasteiger partial charge in [-0.25, -0.2) is 5.48 Å². The van der Waals surface area contributed by atoms with Crippen LogP contribution in [0.4, 0.5) is 0 Å². The fourth-order valence-electron chi connectivity index (χ4n) is 1.58. The summed E-state index contributed by atoms with van der Waals surface area (Å²) in [5.41, 5.74) is 2.38. The number of hydrogen-bond donors (Lipinski definition) is 2. The molecule has 2 atom stereocenters. The molecule has 0 saturated carbocycles. The molecule has 70 valence electrons. The summed E-state index contributed by atoms with van der Waals surface area (Å²) in [4.78, 5) is 15.9. The van der Waals surface area contributed by atoms with Crippen molar-refractivity contribution in [3.05, 3.63) is 0 Å². The van der Waals surface area contributed by atoms with Gasteiger partial charge in [0, 0.05) is 5.92 Å². The zero-order chi connectivity index (χ0) is 8.97. The molecule has 1 fully saturated rings. The lowest BCUT2D eigenvalue weighted by atomic mass is 9.87. The summed E-state index contributed by atoms with van der Waals surface area (Å²) >= 11 is 0. The number of hydrogen-bond acceptors (Lipinski definition) is 3. The highest BCUT2D eigenvalue weighted by Gasteiger charge is 2.27. The quantitative estimate of drug-likeness (QED) is 0.572. The van der Waals surface area contributed by atoms with E-state index in [1.54, 1.807) is 0 Å². The van der Waals surface area contributed by atoms with Crippen LogP contribution in [0.25, 0.3) is 0 Å². The second kappa shape index (κ2) is 4.42. The van der Waals surface area contributed by atoms with E-state index in [4.69, 9.17) is 0 Å². The van der Waals surface area contributed by atoms with E-state index in [9.17, 15) is 4.79 Å². The zero-order valence-corrected chi connectivity index (χ0v) is 7.59. The van der Waals surface area contributed by atoms with Crippen molar-refractivity contribution in [2.45, 2.75) is 13.3 Å². The molecule has 4 heteroatoms. The van der Waals surface area contributed by atoms with Crippen molar-refractivity contribution in [2.24, 2.45) is 11.8 Å². The van der Waals surface area contributed by atoms with E-state index in [0.717, 1.165) is 19.5 Å². The third kappa shape index (κ3) is 2.19. The Morgan fingerprint density at radius 2 is 2.42 bits per heavy atom. The molecule has 12 heavy (non-hydrogen) atoms. The maximum atomic E-state index is 11.3. The van der Waals surface area contributed by atoms with Gasteiger partial charge in [0.25, 0.3) is 0 Å². The monoisotopic (exact) mass is 172 g/mol. The molecule has 1 rings (SSSR count). The Morgan fingerprint density at radius 3 is 3.00 bits per heavy atom. The van der Waals surface area contributed by atoms with Gasteiger partial charge in [0.05, 0.1) is 7.11 Å². The Labute approximate surface area is 72.6 Å².